The van der Waals surface area contributed by atoms with Gasteiger partial charge in [-0.2, -0.15) is 0 Å². The van der Waals surface area contributed by atoms with Crippen molar-refractivity contribution in [3.05, 3.63) is 0 Å². The molecule has 3 aliphatic heterocycles. The van der Waals surface area contributed by atoms with Crippen LogP contribution in [-0.4, -0.2) is 18.8 Å². The molecule has 0 aromatic heterocycles. The van der Waals surface area contributed by atoms with Gasteiger partial charge in [0, 0.05) is 0 Å². The van der Waals surface area contributed by atoms with Crippen LogP contribution < -0.4 is 32.1 Å². The number of alkyl halides is 2. The molecule has 0 bridgehead atoms. The van der Waals surface area contributed by atoms with E-state index in [0.29, 0.717) is 0 Å². The van der Waals surface area contributed by atoms with Crippen LogP contribution in [0.5, 0.6) is 0 Å². The summed E-state index contributed by atoms with van der Waals surface area (Å²) in [7, 11) is 0. The average Bonchev–Trinajstić information content (AvgIpc) is 3.03. The number of rotatable bonds is 3. The van der Waals surface area contributed by atoms with Crippen molar-refractivity contribution in [2.75, 3.05) is 0 Å². The van der Waals surface area contributed by atoms with Crippen molar-refractivity contribution in [1.82, 2.24) is 10.6 Å². The van der Waals surface area contributed by atoms with E-state index >= 15 is 0 Å². The minimum absolute atomic E-state index is 0.0157. The Morgan fingerprint density at radius 1 is 1.38 bits per heavy atom. The van der Waals surface area contributed by atoms with Crippen molar-refractivity contribution in [3.63, 3.8) is 0 Å². The Kier molecular flexibility index (Phi) is 2.03. The molecule has 0 aromatic carbocycles. The summed E-state index contributed by atoms with van der Waals surface area (Å²) in [5.74, 6) is 0.0157. The molecule has 0 spiro atoms. The van der Waals surface area contributed by atoms with Crippen molar-refractivity contribution < 1.29 is 31.0 Å². The number of esters is 1. The predicted molar refractivity (Wildman–Crippen MR) is 61.9 cm³/mol. The van der Waals surface area contributed by atoms with Gasteiger partial charge < -0.3 is 0 Å². The van der Waals surface area contributed by atoms with E-state index < -0.39 is 20.4 Å². The third kappa shape index (κ3) is 1.29. The van der Waals surface area contributed by atoms with E-state index in [0.717, 1.165) is 12.8 Å². The molecule has 7 heteroatoms. The third-order valence-corrected chi connectivity index (χ3v) is 12.2. The Labute approximate surface area is 113 Å². The van der Waals surface area contributed by atoms with Gasteiger partial charge in [0.15, 0.2) is 0 Å². The second kappa shape index (κ2) is 3.03. The molecule has 1 aliphatic carbocycles. The molecule has 3 N–H and O–H groups in total. The maximum atomic E-state index is 12.3. The van der Waals surface area contributed by atoms with Gasteiger partial charge in [-0.3, -0.25) is 0 Å². The van der Waals surface area contributed by atoms with Crippen LogP contribution in [0.25, 0.3) is 0 Å². The molecular weight excluding hydrogens is 436 g/mol. The topological polar surface area (TPSA) is 92.1 Å². The SMILES string of the molecule is CC1(OC(=O)C2(C34NI3N4)N[I-]2)CCCC1. The number of ether oxygens (including phenoxy) is 1. The first-order valence-corrected chi connectivity index (χ1v) is 10.9. The Morgan fingerprint density at radius 3 is 2.38 bits per heavy atom. The van der Waals surface area contributed by atoms with Crippen LogP contribution in [0.2, 0.25) is 0 Å². The van der Waals surface area contributed by atoms with E-state index in [1.807, 2.05) is 0 Å². The monoisotopic (exact) mass is 450 g/mol. The summed E-state index contributed by atoms with van der Waals surface area (Å²) in [4.78, 5) is 12.3. The summed E-state index contributed by atoms with van der Waals surface area (Å²) < 4.78 is 15.8. The number of fused-ring (bicyclic) bond motifs is 1. The second-order valence-corrected chi connectivity index (χ2v) is 12.0. The molecule has 0 radical (unpaired) electrons. The van der Waals surface area contributed by atoms with Crippen molar-refractivity contribution in [3.8, 4) is 0 Å². The number of nitrogens with one attached hydrogen (secondary N) is 3. The number of hydrogen-bond donors (Lipinski definition) is 3. The summed E-state index contributed by atoms with van der Waals surface area (Å²) in [6.07, 6.45) is 4.45. The van der Waals surface area contributed by atoms with Crippen molar-refractivity contribution >= 4 is 26.3 Å². The molecule has 5 nitrogen and oxygen atoms in total. The van der Waals surface area contributed by atoms with Gasteiger partial charge in [0.2, 0.25) is 0 Å². The van der Waals surface area contributed by atoms with Crippen LogP contribution in [0.3, 0.4) is 0 Å². The number of carbonyl (C=O) groups excluding carboxylic acids is 1. The second-order valence-electron chi connectivity index (χ2n) is 5.02. The van der Waals surface area contributed by atoms with Gasteiger partial charge in [0.25, 0.3) is 0 Å². The van der Waals surface area contributed by atoms with Crippen LogP contribution in [0, 0.1) is 0 Å². The zero-order chi connectivity index (χ0) is 11.0. The number of hydrogen-bond acceptors (Lipinski definition) is 5. The zero-order valence-corrected chi connectivity index (χ0v) is 13.2. The van der Waals surface area contributed by atoms with Gasteiger partial charge in [-0.05, 0) is 0 Å². The fourth-order valence-electron chi connectivity index (χ4n) is 2.40. The molecule has 1 saturated carbocycles. The summed E-state index contributed by atoms with van der Waals surface area (Å²) in [5.41, 5.74) is -0.183. The molecule has 1 atom stereocenters. The molecule has 0 aromatic rings. The number of carbonyl (C=O) groups is 1. The Bertz CT molecular complexity index is 373. The first kappa shape index (κ1) is 10.7. The Hall–Kier alpha value is 0.810. The predicted octanol–water partition coefficient (Wildman–Crippen LogP) is -2.64. The molecule has 0 amide bonds. The zero-order valence-electron chi connectivity index (χ0n) is 8.90. The molecule has 92 valence electrons. The molecule has 4 fully saturated rings. The quantitative estimate of drug-likeness (QED) is 0.109. The third-order valence-electron chi connectivity index (χ3n) is 3.70. The van der Waals surface area contributed by atoms with Crippen LogP contribution in [0.15, 0.2) is 0 Å². The van der Waals surface area contributed by atoms with Crippen molar-refractivity contribution in [2.24, 2.45) is 0 Å². The summed E-state index contributed by atoms with van der Waals surface area (Å²) in [6, 6.07) is 0. The standard InChI is InChI=1S/C9H14I2N3O2/c1-7(4-2-3-5-7)16-6(15)8(10-12-8)9-11(13-9)14-9/h12-14H,2-5H2,1H3/q-1. The number of halogens is 2. The van der Waals surface area contributed by atoms with Gasteiger partial charge >= 0.3 is 113 Å². The van der Waals surface area contributed by atoms with Gasteiger partial charge in [-0.1, -0.05) is 0 Å². The van der Waals surface area contributed by atoms with Gasteiger partial charge in [0.1, 0.15) is 0 Å². The van der Waals surface area contributed by atoms with Crippen molar-refractivity contribution in [2.45, 2.75) is 45.4 Å². The maximum absolute atomic E-state index is 12.3. The Balaban J connectivity index is 1.50. The Morgan fingerprint density at radius 2 is 1.94 bits per heavy atom. The van der Waals surface area contributed by atoms with E-state index in [2.05, 4.69) is 17.5 Å². The van der Waals surface area contributed by atoms with Crippen LogP contribution in [-0.2, 0) is 9.53 Å². The summed E-state index contributed by atoms with van der Waals surface area (Å²) in [6.45, 7) is 2.08. The minimum atomic E-state index is -1.04. The van der Waals surface area contributed by atoms with E-state index in [9.17, 15) is 4.79 Å². The summed E-state index contributed by atoms with van der Waals surface area (Å²) in [5, 5.41) is 0. The van der Waals surface area contributed by atoms with Gasteiger partial charge in [0.05, 0.1) is 0 Å². The molecule has 16 heavy (non-hydrogen) atoms. The van der Waals surface area contributed by atoms with Gasteiger partial charge in [-0.15, -0.1) is 0 Å². The van der Waals surface area contributed by atoms with Gasteiger partial charge in [-0.25, -0.2) is 0 Å². The van der Waals surface area contributed by atoms with Crippen LogP contribution in [0.4, 0.5) is 0 Å². The van der Waals surface area contributed by atoms with E-state index in [1.165, 1.54) is 12.8 Å². The molecular formula is C9H14I2N3O2-. The van der Waals surface area contributed by atoms with E-state index in [1.54, 1.807) is 0 Å². The average molecular weight is 450 g/mol. The molecule has 3 saturated heterocycles. The first-order chi connectivity index (χ1) is 7.60. The normalized spacial score (nSPS) is 42.9. The fraction of sp³-hybridized carbons (Fsp3) is 0.889. The van der Waals surface area contributed by atoms with E-state index in [-0.39, 0.29) is 40.3 Å². The summed E-state index contributed by atoms with van der Waals surface area (Å²) >= 11 is -1.24. The molecule has 4 aliphatic rings. The molecule has 3 heterocycles. The molecule has 1 unspecified atom stereocenters. The van der Waals surface area contributed by atoms with Crippen molar-refractivity contribution in [1.29, 1.82) is 0 Å². The fourth-order valence-corrected chi connectivity index (χ4v) is 12.4. The van der Waals surface area contributed by atoms with E-state index in [4.69, 9.17) is 4.74 Å². The first-order valence-electron chi connectivity index (χ1n) is 5.51. The van der Waals surface area contributed by atoms with Crippen LogP contribution in [0.1, 0.15) is 32.6 Å². The van der Waals surface area contributed by atoms with Crippen LogP contribution >= 0.6 is 20.4 Å². The molecule has 4 rings (SSSR count).